The van der Waals surface area contributed by atoms with Crippen LogP contribution in [0.4, 0.5) is 10.1 Å². The summed E-state index contributed by atoms with van der Waals surface area (Å²) in [5.41, 5.74) is 5.73. The molecule has 1 fully saturated rings. The quantitative estimate of drug-likeness (QED) is 0.480. The van der Waals surface area contributed by atoms with Crippen molar-refractivity contribution in [3.63, 3.8) is 0 Å². The monoisotopic (exact) mass is 469 g/mol. The van der Waals surface area contributed by atoms with Crippen LogP contribution in [0, 0.1) is 5.82 Å². The van der Waals surface area contributed by atoms with E-state index in [2.05, 4.69) is 58.4 Å². The maximum Gasteiger partial charge on any atom is 0.223 e. The number of carbonyl (C=O) groups excluding carboxylic acids is 1. The van der Waals surface area contributed by atoms with Gasteiger partial charge in [-0.05, 0) is 59.5 Å². The summed E-state index contributed by atoms with van der Waals surface area (Å²) in [5, 5.41) is 0. The topological polar surface area (TPSA) is 26.8 Å². The van der Waals surface area contributed by atoms with Crippen molar-refractivity contribution >= 4 is 23.7 Å². The van der Waals surface area contributed by atoms with Crippen molar-refractivity contribution in [2.24, 2.45) is 0 Å². The lowest BCUT2D eigenvalue weighted by atomic mass is 9.93. The highest BCUT2D eigenvalue weighted by Crippen LogP contribution is 2.36. The van der Waals surface area contributed by atoms with Crippen LogP contribution >= 0.6 is 0 Å². The van der Waals surface area contributed by atoms with Gasteiger partial charge in [0, 0.05) is 45.3 Å². The molecule has 0 radical (unpaired) electrons. The maximum atomic E-state index is 13.3. The van der Waals surface area contributed by atoms with Crippen molar-refractivity contribution in [2.75, 3.05) is 44.7 Å². The fraction of sp³-hybridized carbons (Fsp3) is 0.300. The number of hydrogen-bond donors (Lipinski definition) is 0. The predicted molar refractivity (Wildman–Crippen MR) is 141 cm³/mol. The zero-order valence-corrected chi connectivity index (χ0v) is 20.2. The summed E-state index contributed by atoms with van der Waals surface area (Å²) in [4.78, 5) is 20.0. The molecule has 0 N–H and O–H groups in total. The number of piperazine rings is 1. The van der Waals surface area contributed by atoms with Gasteiger partial charge in [0.15, 0.2) is 0 Å². The average Bonchev–Trinajstić information content (AvgIpc) is 3.06. The molecule has 180 valence electrons. The van der Waals surface area contributed by atoms with Crippen LogP contribution in [0.1, 0.15) is 41.1 Å². The molecule has 1 aliphatic carbocycles. The SMILES string of the molecule is CN(C(=O)CCCN1CCN(c2ccc(F)cc2)CC1)C1c2ccccc2C=Cc2ccccc21. The van der Waals surface area contributed by atoms with Crippen molar-refractivity contribution in [2.45, 2.75) is 18.9 Å². The van der Waals surface area contributed by atoms with E-state index in [1.54, 1.807) is 0 Å². The zero-order valence-electron chi connectivity index (χ0n) is 20.2. The lowest BCUT2D eigenvalue weighted by Gasteiger charge is -2.36. The summed E-state index contributed by atoms with van der Waals surface area (Å²) in [6.45, 7) is 4.66. The Balaban J connectivity index is 1.18. The van der Waals surface area contributed by atoms with E-state index in [1.807, 2.05) is 36.2 Å². The van der Waals surface area contributed by atoms with E-state index in [0.29, 0.717) is 6.42 Å². The fourth-order valence-corrected chi connectivity index (χ4v) is 5.24. The van der Waals surface area contributed by atoms with Crippen LogP contribution in [-0.2, 0) is 4.79 Å². The first-order valence-electron chi connectivity index (χ1n) is 12.4. The van der Waals surface area contributed by atoms with Gasteiger partial charge < -0.3 is 9.80 Å². The molecule has 3 aromatic rings. The van der Waals surface area contributed by atoms with E-state index in [1.165, 1.54) is 23.3 Å². The Morgan fingerprint density at radius 1 is 0.857 bits per heavy atom. The van der Waals surface area contributed by atoms with E-state index in [-0.39, 0.29) is 17.8 Å². The van der Waals surface area contributed by atoms with E-state index >= 15 is 0 Å². The number of halogens is 1. The Hall–Kier alpha value is -3.44. The van der Waals surface area contributed by atoms with Crippen molar-refractivity contribution in [3.05, 3.63) is 101 Å². The molecule has 1 amide bonds. The summed E-state index contributed by atoms with van der Waals surface area (Å²) >= 11 is 0. The van der Waals surface area contributed by atoms with Gasteiger partial charge in [0.25, 0.3) is 0 Å². The largest absolute Gasteiger partial charge is 0.369 e. The van der Waals surface area contributed by atoms with Crippen molar-refractivity contribution in [1.29, 1.82) is 0 Å². The smallest absolute Gasteiger partial charge is 0.223 e. The van der Waals surface area contributed by atoms with Crippen molar-refractivity contribution < 1.29 is 9.18 Å². The molecule has 5 heteroatoms. The predicted octanol–water partition coefficient (Wildman–Crippen LogP) is 5.46. The third-order valence-electron chi connectivity index (χ3n) is 7.23. The molecule has 0 atom stereocenters. The number of hydrogen-bond acceptors (Lipinski definition) is 3. The minimum atomic E-state index is -0.200. The van der Waals surface area contributed by atoms with Crippen LogP contribution in [0.5, 0.6) is 0 Å². The van der Waals surface area contributed by atoms with Crippen LogP contribution in [0.2, 0.25) is 0 Å². The summed E-state index contributed by atoms with van der Waals surface area (Å²) in [6, 6.07) is 23.4. The minimum absolute atomic E-state index is 0.0934. The molecule has 35 heavy (non-hydrogen) atoms. The number of carbonyl (C=O) groups is 1. The normalized spacial score (nSPS) is 15.9. The first-order valence-corrected chi connectivity index (χ1v) is 12.4. The van der Waals surface area contributed by atoms with Gasteiger partial charge in [-0.15, -0.1) is 0 Å². The standard InChI is InChI=1S/C30H32FN3O/c1-32(30-27-9-4-2-7-23(27)12-13-24-8-3-5-10-28(24)30)29(35)11-6-18-33-19-21-34(22-20-33)26-16-14-25(31)15-17-26/h2-5,7-10,12-17,30H,6,11,18-22H2,1H3. The molecule has 0 unspecified atom stereocenters. The number of fused-ring (bicyclic) bond motifs is 2. The number of benzene rings is 3. The lowest BCUT2D eigenvalue weighted by molar-refractivity contribution is -0.131. The molecule has 1 aliphatic heterocycles. The second kappa shape index (κ2) is 10.4. The zero-order chi connectivity index (χ0) is 24.2. The number of anilines is 1. The first-order chi connectivity index (χ1) is 17.1. The van der Waals surface area contributed by atoms with Crippen LogP contribution in [0.25, 0.3) is 12.2 Å². The number of amides is 1. The Bertz CT molecular complexity index is 1150. The van der Waals surface area contributed by atoms with E-state index in [9.17, 15) is 9.18 Å². The van der Waals surface area contributed by atoms with Gasteiger partial charge in [-0.25, -0.2) is 4.39 Å². The first kappa shape index (κ1) is 23.3. The van der Waals surface area contributed by atoms with Gasteiger partial charge in [-0.2, -0.15) is 0 Å². The molecule has 0 bridgehead atoms. The molecule has 1 saturated heterocycles. The van der Waals surface area contributed by atoms with Crippen LogP contribution < -0.4 is 4.90 Å². The number of rotatable bonds is 6. The molecule has 0 aromatic heterocycles. The highest BCUT2D eigenvalue weighted by atomic mass is 19.1. The van der Waals surface area contributed by atoms with Crippen LogP contribution in [0.3, 0.4) is 0 Å². The number of nitrogens with zero attached hydrogens (tertiary/aromatic N) is 3. The lowest BCUT2D eigenvalue weighted by Crippen LogP contribution is -2.46. The summed E-state index contributed by atoms with van der Waals surface area (Å²) in [5.74, 6) is -0.0273. The van der Waals surface area contributed by atoms with Gasteiger partial charge in [0.1, 0.15) is 5.82 Å². The van der Waals surface area contributed by atoms with Gasteiger partial charge in [0.2, 0.25) is 5.91 Å². The highest BCUT2D eigenvalue weighted by Gasteiger charge is 2.28. The van der Waals surface area contributed by atoms with Crippen LogP contribution in [-0.4, -0.2) is 55.5 Å². The van der Waals surface area contributed by atoms with Crippen LogP contribution in [0.15, 0.2) is 72.8 Å². The molecule has 0 saturated carbocycles. The van der Waals surface area contributed by atoms with Gasteiger partial charge >= 0.3 is 0 Å². The second-order valence-electron chi connectivity index (χ2n) is 9.41. The molecule has 2 aliphatic rings. The van der Waals surface area contributed by atoms with Gasteiger partial charge in [-0.3, -0.25) is 9.69 Å². The Labute approximate surface area is 207 Å². The fourth-order valence-electron chi connectivity index (χ4n) is 5.24. The summed E-state index contributed by atoms with van der Waals surface area (Å²) in [7, 11) is 1.94. The molecular formula is C30H32FN3O. The molecule has 4 nitrogen and oxygen atoms in total. The minimum Gasteiger partial charge on any atom is -0.369 e. The third-order valence-corrected chi connectivity index (χ3v) is 7.23. The highest BCUT2D eigenvalue weighted by molar-refractivity contribution is 5.80. The van der Waals surface area contributed by atoms with E-state index in [4.69, 9.17) is 0 Å². The second-order valence-corrected chi connectivity index (χ2v) is 9.41. The molecular weight excluding hydrogens is 437 g/mol. The Kier molecular flexibility index (Phi) is 6.96. The molecule has 5 rings (SSSR count). The Morgan fingerprint density at radius 3 is 2.03 bits per heavy atom. The van der Waals surface area contributed by atoms with E-state index < -0.39 is 0 Å². The molecule has 3 aromatic carbocycles. The molecule has 1 heterocycles. The third kappa shape index (κ3) is 5.15. The van der Waals surface area contributed by atoms with Crippen molar-refractivity contribution in [3.8, 4) is 0 Å². The Morgan fingerprint density at radius 2 is 1.43 bits per heavy atom. The van der Waals surface area contributed by atoms with Crippen molar-refractivity contribution in [1.82, 2.24) is 9.80 Å². The summed E-state index contributed by atoms with van der Waals surface area (Å²) in [6.07, 6.45) is 5.67. The van der Waals surface area contributed by atoms with Gasteiger partial charge in [-0.1, -0.05) is 60.7 Å². The average molecular weight is 470 g/mol. The molecule has 0 spiro atoms. The maximum absolute atomic E-state index is 13.3. The summed E-state index contributed by atoms with van der Waals surface area (Å²) < 4.78 is 13.2. The van der Waals surface area contributed by atoms with Gasteiger partial charge in [0.05, 0.1) is 6.04 Å². The van der Waals surface area contributed by atoms with E-state index in [0.717, 1.165) is 56.0 Å².